The lowest BCUT2D eigenvalue weighted by Gasteiger charge is -2.57. The van der Waals surface area contributed by atoms with Crippen molar-refractivity contribution in [3.8, 4) is 0 Å². The number of hydrogen-bond donors (Lipinski definition) is 4. The molecule has 1 aromatic heterocycles. The average Bonchev–Trinajstić information content (AvgIpc) is 3.13. The Bertz CT molecular complexity index is 991. The summed E-state index contributed by atoms with van der Waals surface area (Å²) < 4.78 is 0. The first-order valence-corrected chi connectivity index (χ1v) is 9.79. The summed E-state index contributed by atoms with van der Waals surface area (Å²) in [5.74, 6) is 0.239. The summed E-state index contributed by atoms with van der Waals surface area (Å²) in [6, 6.07) is -0.340. The zero-order valence-corrected chi connectivity index (χ0v) is 14.2. The number of rotatable bonds is 0. The Morgan fingerprint density at radius 2 is 2.24 bits per heavy atom. The normalized spacial score (nSPS) is 44.7. The van der Waals surface area contributed by atoms with E-state index in [9.17, 15) is 9.59 Å². The predicted molar refractivity (Wildman–Crippen MR) is 90.8 cm³/mol. The fourth-order valence-electron chi connectivity index (χ4n) is 6.40. The SMILES string of the molecule is NC1C2C(=O)C=C3SC4CC31C1=C(N4)C(=O)c3[nH]cc4c3C1[NH+]2CC4. The van der Waals surface area contributed by atoms with Crippen molar-refractivity contribution in [1.29, 1.82) is 0 Å². The lowest BCUT2D eigenvalue weighted by atomic mass is 9.55. The van der Waals surface area contributed by atoms with E-state index in [1.807, 2.05) is 12.3 Å². The molecule has 4 aliphatic heterocycles. The van der Waals surface area contributed by atoms with Crippen molar-refractivity contribution in [1.82, 2.24) is 10.3 Å². The molecule has 25 heavy (non-hydrogen) atoms. The number of fused-ring (bicyclic) bond motifs is 3. The summed E-state index contributed by atoms with van der Waals surface area (Å²) in [5.41, 5.74) is 11.5. The zero-order valence-electron chi connectivity index (χ0n) is 13.4. The van der Waals surface area contributed by atoms with Crippen LogP contribution >= 0.6 is 11.8 Å². The van der Waals surface area contributed by atoms with Crippen molar-refractivity contribution in [3.63, 3.8) is 0 Å². The first-order valence-electron chi connectivity index (χ1n) is 8.91. The summed E-state index contributed by atoms with van der Waals surface area (Å²) >= 11 is 1.69. The Morgan fingerprint density at radius 3 is 3.12 bits per heavy atom. The molecule has 1 spiro atoms. The number of allylic oxidation sites excluding steroid dienone is 1. The van der Waals surface area contributed by atoms with Gasteiger partial charge in [0.05, 0.1) is 34.8 Å². The number of aromatic nitrogens is 1. The van der Waals surface area contributed by atoms with Crippen LogP contribution < -0.4 is 16.0 Å². The number of piperidine rings is 1. The molecule has 2 fully saturated rings. The molecule has 1 aromatic rings. The van der Waals surface area contributed by atoms with Crippen LogP contribution in [0.4, 0.5) is 0 Å². The van der Waals surface area contributed by atoms with Gasteiger partial charge in [-0.05, 0) is 18.1 Å². The Labute approximate surface area is 147 Å². The van der Waals surface area contributed by atoms with E-state index in [0.29, 0.717) is 0 Å². The fourth-order valence-corrected chi connectivity index (χ4v) is 7.96. The molecule has 126 valence electrons. The van der Waals surface area contributed by atoms with Gasteiger partial charge in [-0.3, -0.25) is 9.59 Å². The molecule has 2 aliphatic carbocycles. The van der Waals surface area contributed by atoms with Crippen LogP contribution in [0, 0.1) is 5.41 Å². The topological polar surface area (TPSA) is 92.4 Å². The Balaban J connectivity index is 1.65. The molecule has 7 rings (SSSR count). The Kier molecular flexibility index (Phi) is 2.03. The second-order valence-corrected chi connectivity index (χ2v) is 9.31. The minimum absolute atomic E-state index is 0.0715. The number of quaternary nitrogens is 1. The first-order chi connectivity index (χ1) is 12.1. The number of carbonyl (C=O) groups excluding carboxylic acids is 2. The molecule has 0 amide bonds. The van der Waals surface area contributed by atoms with Crippen LogP contribution in [0.3, 0.4) is 0 Å². The van der Waals surface area contributed by atoms with Crippen molar-refractivity contribution in [2.24, 2.45) is 11.1 Å². The van der Waals surface area contributed by atoms with Crippen LogP contribution in [0.1, 0.15) is 34.1 Å². The van der Waals surface area contributed by atoms with E-state index >= 15 is 0 Å². The molecule has 0 aromatic carbocycles. The average molecular weight is 353 g/mol. The number of thioether (sulfide) groups is 1. The van der Waals surface area contributed by atoms with Gasteiger partial charge in [-0.25, -0.2) is 0 Å². The van der Waals surface area contributed by atoms with E-state index in [1.54, 1.807) is 11.8 Å². The number of aromatic amines is 1. The summed E-state index contributed by atoms with van der Waals surface area (Å²) in [5, 5.41) is 3.62. The third-order valence-electron chi connectivity index (χ3n) is 7.27. The van der Waals surface area contributed by atoms with Gasteiger partial charge in [0.15, 0.2) is 6.04 Å². The maximum absolute atomic E-state index is 13.2. The van der Waals surface area contributed by atoms with E-state index in [2.05, 4.69) is 10.3 Å². The van der Waals surface area contributed by atoms with E-state index in [-0.39, 0.29) is 40.5 Å². The predicted octanol–water partition coefficient (Wildman–Crippen LogP) is -0.824. The fraction of sp³-hybridized carbons (Fsp3) is 0.444. The third-order valence-corrected chi connectivity index (χ3v) is 8.58. The highest BCUT2D eigenvalue weighted by Gasteiger charge is 2.70. The molecule has 0 saturated carbocycles. The molecule has 6 nitrogen and oxygen atoms in total. The highest BCUT2D eigenvalue weighted by molar-refractivity contribution is 8.04. The highest BCUT2D eigenvalue weighted by atomic mass is 32.2. The molecular formula is C18H17N4O2S+. The largest absolute Gasteiger partial charge is 0.370 e. The third kappa shape index (κ3) is 1.19. The van der Waals surface area contributed by atoms with Crippen molar-refractivity contribution < 1.29 is 14.5 Å². The van der Waals surface area contributed by atoms with Crippen molar-refractivity contribution in [3.05, 3.63) is 45.3 Å². The smallest absolute Gasteiger partial charge is 0.225 e. The van der Waals surface area contributed by atoms with Crippen LogP contribution in [0.5, 0.6) is 0 Å². The summed E-state index contributed by atoms with van der Waals surface area (Å²) in [6.45, 7) is 0.889. The van der Waals surface area contributed by atoms with Gasteiger partial charge in [0.1, 0.15) is 6.04 Å². The van der Waals surface area contributed by atoms with Gasteiger partial charge >= 0.3 is 0 Å². The lowest BCUT2D eigenvalue weighted by Crippen LogP contribution is -3.22. The maximum Gasteiger partial charge on any atom is 0.225 e. The van der Waals surface area contributed by atoms with E-state index < -0.39 is 0 Å². The standard InChI is InChI=1S/C18H16N4O2S/c19-17-14-7(23)3-8-18(17)4-9(25-8)21-13-11(18)15-10-6(1-2-22(14)15)5-20-12(10)16(13)24/h3,5,9,14-15,17,20-21H,1-2,4,19H2/p+1. The van der Waals surface area contributed by atoms with Gasteiger partial charge in [-0.15, -0.1) is 11.8 Å². The molecule has 0 radical (unpaired) electrons. The Hall–Kier alpha value is -1.83. The van der Waals surface area contributed by atoms with Crippen LogP contribution in [-0.2, 0) is 11.2 Å². The molecule has 6 unspecified atom stereocenters. The maximum atomic E-state index is 13.2. The summed E-state index contributed by atoms with van der Waals surface area (Å²) in [4.78, 5) is 31.7. The Morgan fingerprint density at radius 1 is 1.36 bits per heavy atom. The van der Waals surface area contributed by atoms with Crippen molar-refractivity contribution in [2.45, 2.75) is 36.3 Å². The molecule has 7 heteroatoms. The van der Waals surface area contributed by atoms with Gasteiger partial charge in [-0.2, -0.15) is 0 Å². The van der Waals surface area contributed by atoms with Crippen molar-refractivity contribution >= 4 is 23.3 Å². The zero-order chi connectivity index (χ0) is 16.7. The van der Waals surface area contributed by atoms with Gasteiger partial charge in [0.2, 0.25) is 11.6 Å². The van der Waals surface area contributed by atoms with E-state index in [4.69, 9.17) is 5.73 Å². The van der Waals surface area contributed by atoms with Crippen LogP contribution in [0.25, 0.3) is 0 Å². The highest BCUT2D eigenvalue weighted by Crippen LogP contribution is 2.65. The number of Topliss-reactive ketones (excluding diaryl/α,β-unsaturated/α-hetero) is 1. The number of H-pyrrole nitrogens is 1. The number of hydrogen-bond acceptors (Lipinski definition) is 5. The summed E-state index contributed by atoms with van der Waals surface area (Å²) in [6.07, 6.45) is 5.61. The number of ketones is 2. The summed E-state index contributed by atoms with van der Waals surface area (Å²) in [7, 11) is 0. The number of carbonyl (C=O) groups is 2. The first kappa shape index (κ1) is 13.4. The van der Waals surface area contributed by atoms with Crippen LogP contribution in [-0.4, -0.2) is 40.6 Å². The lowest BCUT2D eigenvalue weighted by molar-refractivity contribution is -0.950. The van der Waals surface area contributed by atoms with E-state index in [1.165, 1.54) is 16.0 Å². The van der Waals surface area contributed by atoms with Gasteiger partial charge in [0.25, 0.3) is 0 Å². The minimum Gasteiger partial charge on any atom is -0.370 e. The molecule has 6 aliphatic rings. The van der Waals surface area contributed by atoms with Crippen molar-refractivity contribution in [2.75, 3.05) is 6.54 Å². The number of nitrogens with one attached hydrogen (secondary N) is 3. The molecule has 3 bridgehead atoms. The quantitative estimate of drug-likeness (QED) is 0.489. The monoisotopic (exact) mass is 353 g/mol. The molecule has 5 N–H and O–H groups in total. The van der Waals surface area contributed by atoms with Gasteiger partial charge in [0, 0.05) is 28.7 Å². The van der Waals surface area contributed by atoms with E-state index in [0.717, 1.165) is 41.2 Å². The second kappa shape index (κ2) is 3.79. The van der Waals surface area contributed by atoms with Crippen LogP contribution in [0.2, 0.25) is 0 Å². The second-order valence-electron chi connectivity index (χ2n) is 8.07. The number of nitrogens with two attached hydrogens (primary N) is 1. The molecular weight excluding hydrogens is 336 g/mol. The minimum atomic E-state index is -0.318. The molecule has 2 saturated heterocycles. The van der Waals surface area contributed by atoms with Gasteiger partial charge < -0.3 is 20.9 Å². The molecule has 5 heterocycles. The van der Waals surface area contributed by atoms with Crippen LogP contribution in [0.15, 0.2) is 28.4 Å². The van der Waals surface area contributed by atoms with Gasteiger partial charge in [-0.1, -0.05) is 0 Å². The molecule has 6 atom stereocenters.